The zero-order chi connectivity index (χ0) is 13.5. The first-order valence-corrected chi connectivity index (χ1v) is 7.15. The van der Waals surface area contributed by atoms with Crippen molar-refractivity contribution in [2.45, 2.75) is 26.8 Å². The molecule has 1 N–H and O–H groups in total. The Morgan fingerprint density at radius 1 is 1.33 bits per heavy atom. The fraction of sp³-hybridized carbons (Fsp3) is 0.500. The van der Waals surface area contributed by atoms with Crippen LogP contribution in [0.25, 0.3) is 0 Å². The van der Waals surface area contributed by atoms with Crippen LogP contribution in [0.5, 0.6) is 0 Å². The number of nitrogens with zero attached hydrogens (tertiary/aromatic N) is 1. The molecule has 0 aliphatic rings. The molecule has 0 unspecified atom stereocenters. The summed E-state index contributed by atoms with van der Waals surface area (Å²) in [5, 5.41) is 3.27. The van der Waals surface area contributed by atoms with Crippen molar-refractivity contribution in [1.29, 1.82) is 0 Å². The predicted octanol–water partition coefficient (Wildman–Crippen LogP) is 2.97. The maximum Gasteiger partial charge on any atom is 0.236 e. The summed E-state index contributed by atoms with van der Waals surface area (Å²) >= 11 is 3.52. The van der Waals surface area contributed by atoms with E-state index in [2.05, 4.69) is 34.2 Å². The van der Waals surface area contributed by atoms with Gasteiger partial charge in [-0.1, -0.05) is 34.1 Å². The second-order valence-corrected chi connectivity index (χ2v) is 5.04. The number of carbonyl (C=O) groups is 1. The average Bonchev–Trinajstić information content (AvgIpc) is 2.38. The van der Waals surface area contributed by atoms with E-state index < -0.39 is 0 Å². The second kappa shape index (κ2) is 7.54. The van der Waals surface area contributed by atoms with Crippen molar-refractivity contribution in [3.05, 3.63) is 34.3 Å². The van der Waals surface area contributed by atoms with Gasteiger partial charge in [0.05, 0.1) is 6.54 Å². The third-order valence-corrected chi connectivity index (χ3v) is 3.77. The number of hydrogen-bond donors (Lipinski definition) is 1. The molecule has 0 saturated heterocycles. The van der Waals surface area contributed by atoms with E-state index in [1.807, 2.05) is 36.9 Å². The van der Waals surface area contributed by atoms with Gasteiger partial charge in [0, 0.05) is 23.6 Å². The van der Waals surface area contributed by atoms with Crippen LogP contribution in [-0.2, 0) is 4.79 Å². The van der Waals surface area contributed by atoms with Crippen LogP contribution >= 0.6 is 15.9 Å². The highest BCUT2D eigenvalue weighted by atomic mass is 79.9. The quantitative estimate of drug-likeness (QED) is 0.876. The van der Waals surface area contributed by atoms with Crippen LogP contribution in [0, 0.1) is 0 Å². The first kappa shape index (κ1) is 15.2. The van der Waals surface area contributed by atoms with Gasteiger partial charge in [0.1, 0.15) is 0 Å². The summed E-state index contributed by atoms with van der Waals surface area (Å²) < 4.78 is 1.07. The van der Waals surface area contributed by atoms with Crippen molar-refractivity contribution in [3.8, 4) is 0 Å². The zero-order valence-electron chi connectivity index (χ0n) is 11.2. The van der Waals surface area contributed by atoms with E-state index >= 15 is 0 Å². The molecular formula is C14H21BrN2O. The maximum atomic E-state index is 11.9. The van der Waals surface area contributed by atoms with Crippen LogP contribution < -0.4 is 5.32 Å². The molecule has 0 spiro atoms. The molecule has 100 valence electrons. The monoisotopic (exact) mass is 312 g/mol. The van der Waals surface area contributed by atoms with Gasteiger partial charge in [0.15, 0.2) is 0 Å². The van der Waals surface area contributed by atoms with Crippen LogP contribution in [0.1, 0.15) is 32.4 Å². The first-order valence-electron chi connectivity index (χ1n) is 6.35. The number of likely N-dealkylation sites (N-methyl/N-ethyl adjacent to an activating group) is 1. The summed E-state index contributed by atoms with van der Waals surface area (Å²) in [5.41, 5.74) is 1.17. The number of hydrogen-bond acceptors (Lipinski definition) is 2. The van der Waals surface area contributed by atoms with E-state index in [9.17, 15) is 4.79 Å². The third-order valence-electron chi connectivity index (χ3n) is 3.05. The average molecular weight is 313 g/mol. The number of halogens is 1. The number of rotatable bonds is 6. The largest absolute Gasteiger partial charge is 0.342 e. The summed E-state index contributed by atoms with van der Waals surface area (Å²) in [4.78, 5) is 13.7. The Hall–Kier alpha value is -0.870. The van der Waals surface area contributed by atoms with Gasteiger partial charge in [-0.3, -0.25) is 4.79 Å². The summed E-state index contributed by atoms with van der Waals surface area (Å²) in [6.07, 6.45) is 0. The van der Waals surface area contributed by atoms with E-state index in [1.54, 1.807) is 0 Å². The van der Waals surface area contributed by atoms with Crippen molar-refractivity contribution in [1.82, 2.24) is 10.2 Å². The summed E-state index contributed by atoms with van der Waals surface area (Å²) in [7, 11) is 0. The van der Waals surface area contributed by atoms with Gasteiger partial charge in [-0.25, -0.2) is 0 Å². The van der Waals surface area contributed by atoms with Crippen LogP contribution in [0.4, 0.5) is 0 Å². The van der Waals surface area contributed by atoms with Gasteiger partial charge >= 0.3 is 0 Å². The summed E-state index contributed by atoms with van der Waals surface area (Å²) in [6.45, 7) is 7.97. The highest BCUT2D eigenvalue weighted by molar-refractivity contribution is 9.10. The third kappa shape index (κ3) is 4.10. The molecule has 1 rings (SSSR count). The van der Waals surface area contributed by atoms with Gasteiger partial charge in [0.25, 0.3) is 0 Å². The number of nitrogens with one attached hydrogen (secondary N) is 1. The van der Waals surface area contributed by atoms with E-state index in [4.69, 9.17) is 0 Å². The normalized spacial score (nSPS) is 12.2. The Bertz CT molecular complexity index is 391. The van der Waals surface area contributed by atoms with Gasteiger partial charge in [0.2, 0.25) is 5.91 Å². The van der Waals surface area contributed by atoms with Gasteiger partial charge < -0.3 is 10.2 Å². The Labute approximate surface area is 118 Å². The number of benzene rings is 1. The van der Waals surface area contributed by atoms with E-state index in [-0.39, 0.29) is 11.9 Å². The molecule has 0 radical (unpaired) electrons. The lowest BCUT2D eigenvalue weighted by molar-refractivity contribution is -0.129. The molecule has 1 aromatic rings. The van der Waals surface area contributed by atoms with E-state index in [1.165, 1.54) is 5.56 Å². The molecule has 0 aliphatic carbocycles. The molecule has 0 heterocycles. The van der Waals surface area contributed by atoms with Crippen LogP contribution in [0.15, 0.2) is 28.7 Å². The molecule has 0 aromatic heterocycles. The molecule has 0 bridgehead atoms. The minimum Gasteiger partial charge on any atom is -0.342 e. The Morgan fingerprint density at radius 2 is 1.94 bits per heavy atom. The predicted molar refractivity (Wildman–Crippen MR) is 78.5 cm³/mol. The highest BCUT2D eigenvalue weighted by Crippen LogP contribution is 2.22. The van der Waals surface area contributed by atoms with E-state index in [0.29, 0.717) is 6.54 Å². The SMILES string of the molecule is CCN(CC)C(=O)CN[C@H](C)c1ccccc1Br. The Balaban J connectivity index is 2.54. The van der Waals surface area contributed by atoms with Crippen LogP contribution in [0.2, 0.25) is 0 Å². The second-order valence-electron chi connectivity index (χ2n) is 4.19. The fourth-order valence-electron chi connectivity index (χ4n) is 1.86. The van der Waals surface area contributed by atoms with Crippen molar-refractivity contribution in [3.63, 3.8) is 0 Å². The fourth-order valence-corrected chi connectivity index (χ4v) is 2.49. The van der Waals surface area contributed by atoms with Crippen LogP contribution in [-0.4, -0.2) is 30.4 Å². The standard InChI is InChI=1S/C14H21BrN2O/c1-4-17(5-2)14(18)10-16-11(3)12-8-6-7-9-13(12)15/h6-9,11,16H,4-5,10H2,1-3H3/t11-/m1/s1. The van der Waals surface area contributed by atoms with Crippen molar-refractivity contribution in [2.24, 2.45) is 0 Å². The minimum absolute atomic E-state index is 0.152. The lowest BCUT2D eigenvalue weighted by atomic mass is 10.1. The van der Waals surface area contributed by atoms with E-state index in [0.717, 1.165) is 17.6 Å². The molecule has 4 heteroatoms. The summed E-state index contributed by atoms with van der Waals surface area (Å²) in [6, 6.07) is 8.22. The molecule has 0 aliphatic heterocycles. The lowest BCUT2D eigenvalue weighted by Crippen LogP contribution is -2.38. The lowest BCUT2D eigenvalue weighted by Gasteiger charge is -2.21. The van der Waals surface area contributed by atoms with Gasteiger partial charge in [-0.05, 0) is 32.4 Å². The van der Waals surface area contributed by atoms with Crippen molar-refractivity contribution < 1.29 is 4.79 Å². The van der Waals surface area contributed by atoms with Crippen LogP contribution in [0.3, 0.4) is 0 Å². The first-order chi connectivity index (χ1) is 8.60. The molecule has 0 saturated carbocycles. The molecule has 1 aromatic carbocycles. The Kier molecular flexibility index (Phi) is 6.36. The maximum absolute atomic E-state index is 11.9. The molecular weight excluding hydrogens is 292 g/mol. The zero-order valence-corrected chi connectivity index (χ0v) is 12.8. The molecule has 0 fully saturated rings. The van der Waals surface area contributed by atoms with Crippen molar-refractivity contribution in [2.75, 3.05) is 19.6 Å². The highest BCUT2D eigenvalue weighted by Gasteiger charge is 2.13. The van der Waals surface area contributed by atoms with Crippen molar-refractivity contribution >= 4 is 21.8 Å². The smallest absolute Gasteiger partial charge is 0.236 e. The molecule has 18 heavy (non-hydrogen) atoms. The number of carbonyl (C=O) groups excluding carboxylic acids is 1. The number of amides is 1. The Morgan fingerprint density at radius 3 is 2.50 bits per heavy atom. The minimum atomic E-state index is 0.152. The summed E-state index contributed by atoms with van der Waals surface area (Å²) in [5.74, 6) is 0.152. The molecule has 3 nitrogen and oxygen atoms in total. The van der Waals surface area contributed by atoms with Gasteiger partial charge in [-0.15, -0.1) is 0 Å². The van der Waals surface area contributed by atoms with Gasteiger partial charge in [-0.2, -0.15) is 0 Å². The molecule has 1 atom stereocenters. The topological polar surface area (TPSA) is 32.3 Å². The molecule has 1 amide bonds.